The van der Waals surface area contributed by atoms with Gasteiger partial charge in [-0.25, -0.2) is 4.98 Å². The first-order valence-corrected chi connectivity index (χ1v) is 5.53. The molecule has 2 rings (SSSR count). The van der Waals surface area contributed by atoms with E-state index in [1.807, 2.05) is 32.0 Å². The summed E-state index contributed by atoms with van der Waals surface area (Å²) in [5.74, 6) is 0.670. The van der Waals surface area contributed by atoms with E-state index in [9.17, 15) is 4.79 Å². The third-order valence-corrected chi connectivity index (χ3v) is 2.56. The molecular weight excluding hydrogens is 214 g/mol. The molecule has 1 aromatic heterocycles. The van der Waals surface area contributed by atoms with E-state index in [0.29, 0.717) is 5.56 Å². The number of aromatic amines is 1. The second-order valence-electron chi connectivity index (χ2n) is 4.04. The fourth-order valence-electron chi connectivity index (χ4n) is 1.65. The fourth-order valence-corrected chi connectivity index (χ4v) is 1.65. The van der Waals surface area contributed by atoms with Gasteiger partial charge in [-0.2, -0.15) is 0 Å². The predicted molar refractivity (Wildman–Crippen MR) is 65.6 cm³/mol. The topological polar surface area (TPSA) is 57.8 Å². The number of nitrogens with one attached hydrogen (secondary N) is 2. The van der Waals surface area contributed by atoms with Crippen LogP contribution in [-0.4, -0.2) is 15.9 Å². The van der Waals surface area contributed by atoms with Gasteiger partial charge in [-0.15, -0.1) is 0 Å². The largest absolute Gasteiger partial charge is 0.347 e. The molecule has 17 heavy (non-hydrogen) atoms. The molecule has 2 aromatic rings. The number of hydrogen-bond donors (Lipinski definition) is 2. The highest BCUT2D eigenvalue weighted by atomic mass is 16.1. The first-order chi connectivity index (χ1) is 8.16. The van der Waals surface area contributed by atoms with E-state index in [-0.39, 0.29) is 11.9 Å². The third-order valence-electron chi connectivity index (χ3n) is 2.56. The standard InChI is InChI=1S/C13H15N3O/c1-9-4-3-5-11(8-9)13(17)16-10(2)12-14-6-7-15-12/h3-8,10H,1-2H3,(H,14,15)(H,16,17)/t10-/m0/s1. The van der Waals surface area contributed by atoms with Gasteiger partial charge in [-0.3, -0.25) is 4.79 Å². The molecule has 4 heteroatoms. The van der Waals surface area contributed by atoms with Crippen molar-refractivity contribution in [3.8, 4) is 0 Å². The zero-order valence-electron chi connectivity index (χ0n) is 9.90. The van der Waals surface area contributed by atoms with Crippen LogP contribution in [0.15, 0.2) is 36.7 Å². The number of aryl methyl sites for hydroxylation is 1. The maximum Gasteiger partial charge on any atom is 0.251 e. The van der Waals surface area contributed by atoms with Crippen LogP contribution in [0.4, 0.5) is 0 Å². The van der Waals surface area contributed by atoms with Gasteiger partial charge in [-0.1, -0.05) is 17.7 Å². The van der Waals surface area contributed by atoms with Crippen LogP contribution >= 0.6 is 0 Å². The molecule has 1 amide bonds. The lowest BCUT2D eigenvalue weighted by Crippen LogP contribution is -2.27. The van der Waals surface area contributed by atoms with E-state index in [0.717, 1.165) is 11.4 Å². The van der Waals surface area contributed by atoms with Crippen molar-refractivity contribution in [1.29, 1.82) is 0 Å². The Hall–Kier alpha value is -2.10. The van der Waals surface area contributed by atoms with E-state index < -0.39 is 0 Å². The molecule has 4 nitrogen and oxygen atoms in total. The summed E-state index contributed by atoms with van der Waals surface area (Å²) in [4.78, 5) is 19.0. The molecule has 0 saturated carbocycles. The average molecular weight is 229 g/mol. The number of benzene rings is 1. The zero-order chi connectivity index (χ0) is 12.3. The van der Waals surface area contributed by atoms with Crippen LogP contribution in [0.5, 0.6) is 0 Å². The normalized spacial score (nSPS) is 12.1. The van der Waals surface area contributed by atoms with Crippen molar-refractivity contribution in [2.75, 3.05) is 0 Å². The van der Waals surface area contributed by atoms with Crippen LogP contribution in [0.25, 0.3) is 0 Å². The molecule has 88 valence electrons. The number of imidazole rings is 1. The average Bonchev–Trinajstić information content (AvgIpc) is 2.82. The Bertz CT molecular complexity index is 505. The monoisotopic (exact) mass is 229 g/mol. The van der Waals surface area contributed by atoms with Crippen molar-refractivity contribution in [3.05, 3.63) is 53.6 Å². The highest BCUT2D eigenvalue weighted by Gasteiger charge is 2.12. The van der Waals surface area contributed by atoms with Crippen LogP contribution in [0.2, 0.25) is 0 Å². The molecule has 0 aliphatic heterocycles. The van der Waals surface area contributed by atoms with E-state index in [4.69, 9.17) is 0 Å². The van der Waals surface area contributed by atoms with Crippen LogP contribution in [0.1, 0.15) is 34.7 Å². The second kappa shape index (κ2) is 4.82. The van der Waals surface area contributed by atoms with E-state index in [2.05, 4.69) is 15.3 Å². The number of carbonyl (C=O) groups excluding carboxylic acids is 1. The Morgan fingerprint density at radius 1 is 1.47 bits per heavy atom. The van der Waals surface area contributed by atoms with Crippen molar-refractivity contribution < 1.29 is 4.79 Å². The van der Waals surface area contributed by atoms with Crippen LogP contribution < -0.4 is 5.32 Å². The number of nitrogens with zero attached hydrogens (tertiary/aromatic N) is 1. The van der Waals surface area contributed by atoms with Crippen molar-refractivity contribution in [2.45, 2.75) is 19.9 Å². The summed E-state index contributed by atoms with van der Waals surface area (Å²) in [5.41, 5.74) is 1.74. The quantitative estimate of drug-likeness (QED) is 0.847. The summed E-state index contributed by atoms with van der Waals surface area (Å²) in [7, 11) is 0. The van der Waals surface area contributed by atoms with Crippen LogP contribution in [0.3, 0.4) is 0 Å². The summed E-state index contributed by atoms with van der Waals surface area (Å²) in [6.07, 6.45) is 3.41. The molecule has 0 saturated heterocycles. The molecular formula is C13H15N3O. The fraction of sp³-hybridized carbons (Fsp3) is 0.231. The maximum atomic E-state index is 11.9. The number of H-pyrrole nitrogens is 1. The molecule has 1 aromatic carbocycles. The highest BCUT2D eigenvalue weighted by Crippen LogP contribution is 2.09. The second-order valence-corrected chi connectivity index (χ2v) is 4.04. The third kappa shape index (κ3) is 2.72. The van der Waals surface area contributed by atoms with Gasteiger partial charge in [0.05, 0.1) is 6.04 Å². The first kappa shape index (κ1) is 11.4. The molecule has 0 aliphatic carbocycles. The van der Waals surface area contributed by atoms with Gasteiger partial charge in [0.25, 0.3) is 5.91 Å². The molecule has 0 aliphatic rings. The molecule has 0 fully saturated rings. The predicted octanol–water partition coefficient (Wildman–Crippen LogP) is 2.21. The number of carbonyl (C=O) groups is 1. The number of hydrogen-bond acceptors (Lipinski definition) is 2. The summed E-state index contributed by atoms with van der Waals surface area (Å²) in [6.45, 7) is 3.86. The molecule has 2 N–H and O–H groups in total. The van der Waals surface area contributed by atoms with Gasteiger partial charge < -0.3 is 10.3 Å². The molecule has 0 bridgehead atoms. The van der Waals surface area contributed by atoms with E-state index in [1.165, 1.54) is 0 Å². The van der Waals surface area contributed by atoms with Gasteiger partial charge in [0.2, 0.25) is 0 Å². The van der Waals surface area contributed by atoms with E-state index >= 15 is 0 Å². The minimum absolute atomic E-state index is 0.0856. The number of aromatic nitrogens is 2. The summed E-state index contributed by atoms with van der Waals surface area (Å²) >= 11 is 0. The van der Waals surface area contributed by atoms with Crippen LogP contribution in [-0.2, 0) is 0 Å². The van der Waals surface area contributed by atoms with Gasteiger partial charge in [0, 0.05) is 18.0 Å². The molecule has 1 atom stereocenters. The van der Waals surface area contributed by atoms with Crippen molar-refractivity contribution in [3.63, 3.8) is 0 Å². The Balaban J connectivity index is 2.07. The van der Waals surface area contributed by atoms with E-state index in [1.54, 1.807) is 18.5 Å². The minimum atomic E-state index is -0.127. The maximum absolute atomic E-state index is 11.9. The summed E-state index contributed by atoms with van der Waals surface area (Å²) in [6, 6.07) is 7.38. The zero-order valence-corrected chi connectivity index (χ0v) is 9.90. The molecule has 0 unspecified atom stereocenters. The summed E-state index contributed by atoms with van der Waals surface area (Å²) in [5, 5.41) is 2.89. The van der Waals surface area contributed by atoms with Crippen molar-refractivity contribution in [1.82, 2.24) is 15.3 Å². The molecule has 0 radical (unpaired) electrons. The molecule has 0 spiro atoms. The lowest BCUT2D eigenvalue weighted by Gasteiger charge is -2.11. The van der Waals surface area contributed by atoms with Crippen molar-refractivity contribution in [2.24, 2.45) is 0 Å². The number of rotatable bonds is 3. The lowest BCUT2D eigenvalue weighted by molar-refractivity contribution is 0.0938. The first-order valence-electron chi connectivity index (χ1n) is 5.53. The summed E-state index contributed by atoms with van der Waals surface area (Å²) < 4.78 is 0. The van der Waals surface area contributed by atoms with Gasteiger partial charge in [0.15, 0.2) is 0 Å². The smallest absolute Gasteiger partial charge is 0.251 e. The van der Waals surface area contributed by atoms with Crippen molar-refractivity contribution >= 4 is 5.91 Å². The Morgan fingerprint density at radius 2 is 2.29 bits per heavy atom. The van der Waals surface area contributed by atoms with Gasteiger partial charge in [-0.05, 0) is 26.0 Å². The lowest BCUT2D eigenvalue weighted by atomic mass is 10.1. The number of amides is 1. The molecule has 1 heterocycles. The minimum Gasteiger partial charge on any atom is -0.347 e. The van der Waals surface area contributed by atoms with Gasteiger partial charge >= 0.3 is 0 Å². The Morgan fingerprint density at radius 3 is 2.94 bits per heavy atom. The SMILES string of the molecule is Cc1cccc(C(=O)N[C@@H](C)c2ncc[nH]2)c1. The van der Waals surface area contributed by atoms with Gasteiger partial charge in [0.1, 0.15) is 5.82 Å². The Labute approximate surface area is 100 Å². The van der Waals surface area contributed by atoms with Crippen LogP contribution in [0, 0.1) is 6.92 Å². The Kier molecular flexibility index (Phi) is 3.23. The highest BCUT2D eigenvalue weighted by molar-refractivity contribution is 5.94.